The molecule has 1 aromatic carbocycles. The van der Waals surface area contributed by atoms with Crippen LogP contribution in [0, 0.1) is 11.6 Å². The molecule has 0 N–H and O–H groups in total. The average Bonchev–Trinajstić information content (AvgIpc) is 1.82. The van der Waals surface area contributed by atoms with Crippen LogP contribution in [0.2, 0.25) is 5.02 Å². The summed E-state index contributed by atoms with van der Waals surface area (Å²) in [6.07, 6.45) is 0. The molecule has 0 atom stereocenters. The predicted molar refractivity (Wildman–Crippen MR) is 36.8 cm³/mol. The monoisotopic (exact) mass is 158 g/mol. The van der Waals surface area contributed by atoms with E-state index in [2.05, 4.69) is 0 Å². The lowest BCUT2D eigenvalue weighted by molar-refractivity contribution is 0.514. The van der Waals surface area contributed by atoms with Crippen LogP contribution in [0.25, 0.3) is 0 Å². The summed E-state index contributed by atoms with van der Waals surface area (Å²) in [4.78, 5) is 0. The maximum atomic E-state index is 12.4. The first-order chi connectivity index (χ1) is 4.61. The molecule has 0 spiro atoms. The Hall–Kier alpha value is -0.565. The van der Waals surface area contributed by atoms with E-state index in [9.17, 15) is 8.78 Å². The van der Waals surface area contributed by atoms with Crippen LogP contribution in [0.1, 0.15) is 0 Å². The van der Waals surface area contributed by atoms with Gasteiger partial charge in [-0.3, -0.25) is 0 Å². The first kappa shape index (κ1) is 7.54. The normalized spacial score (nSPS) is 9.90. The lowest BCUT2D eigenvalue weighted by Gasteiger charge is -1.97. The standard InChI is InChI=1S/C6H2BClF2/c7-4-1-3(8)2-5(9)6(4)10/h1-2H. The number of rotatable bonds is 0. The summed E-state index contributed by atoms with van der Waals surface area (Å²) < 4.78 is 24.7. The van der Waals surface area contributed by atoms with Gasteiger partial charge in [-0.25, -0.2) is 8.78 Å². The fourth-order valence-electron chi connectivity index (χ4n) is 0.576. The summed E-state index contributed by atoms with van der Waals surface area (Å²) in [5.74, 6) is -2.07. The molecular formula is C6H2BClF2. The first-order valence-corrected chi connectivity index (χ1v) is 2.89. The molecule has 0 saturated heterocycles. The second-order valence-corrected chi connectivity index (χ2v) is 2.23. The summed E-state index contributed by atoms with van der Waals surface area (Å²) >= 11 is 5.34. The van der Waals surface area contributed by atoms with E-state index in [1.165, 1.54) is 0 Å². The van der Waals surface area contributed by atoms with Crippen molar-refractivity contribution >= 4 is 24.9 Å². The molecule has 4 heteroatoms. The maximum Gasteiger partial charge on any atom is 0.159 e. The SMILES string of the molecule is [B]c1cc(Cl)cc(F)c1F. The molecule has 0 nitrogen and oxygen atoms in total. The van der Waals surface area contributed by atoms with E-state index in [0.717, 1.165) is 12.1 Å². The Balaban J connectivity index is 3.31. The van der Waals surface area contributed by atoms with Crippen LogP contribution in [-0.4, -0.2) is 7.85 Å². The summed E-state index contributed by atoms with van der Waals surface area (Å²) in [5.41, 5.74) is -0.273. The van der Waals surface area contributed by atoms with Gasteiger partial charge in [-0.05, 0) is 12.1 Å². The van der Waals surface area contributed by atoms with Gasteiger partial charge >= 0.3 is 0 Å². The Morgan fingerprint density at radius 3 is 2.40 bits per heavy atom. The van der Waals surface area contributed by atoms with E-state index in [0.29, 0.717) is 0 Å². The minimum absolute atomic E-state index is 0.0939. The van der Waals surface area contributed by atoms with Gasteiger partial charge in [0.15, 0.2) is 11.6 Å². The maximum absolute atomic E-state index is 12.4. The molecule has 50 valence electrons. The molecule has 0 aliphatic carbocycles. The van der Waals surface area contributed by atoms with Gasteiger partial charge in [0.2, 0.25) is 0 Å². The molecular weight excluding hydrogens is 156 g/mol. The molecule has 0 aromatic heterocycles. The molecule has 2 radical (unpaired) electrons. The van der Waals surface area contributed by atoms with Crippen LogP contribution in [0.3, 0.4) is 0 Å². The Labute approximate surface area is 63.2 Å². The minimum Gasteiger partial charge on any atom is -0.204 e. The van der Waals surface area contributed by atoms with Crippen molar-refractivity contribution in [1.82, 2.24) is 0 Å². The Bertz CT molecular complexity index is 239. The fraction of sp³-hybridized carbons (Fsp3) is 0. The molecule has 0 amide bonds. The molecule has 0 heterocycles. The van der Waals surface area contributed by atoms with Crippen LogP contribution < -0.4 is 5.46 Å². The average molecular weight is 158 g/mol. The zero-order valence-electron chi connectivity index (χ0n) is 4.87. The number of hydrogen-bond acceptors (Lipinski definition) is 0. The van der Waals surface area contributed by atoms with Gasteiger partial charge < -0.3 is 0 Å². The largest absolute Gasteiger partial charge is 0.204 e. The highest BCUT2D eigenvalue weighted by Gasteiger charge is 2.04. The number of benzene rings is 1. The van der Waals surface area contributed by atoms with Crippen LogP contribution in [0.5, 0.6) is 0 Å². The summed E-state index contributed by atoms with van der Waals surface area (Å²) in [6.45, 7) is 0. The van der Waals surface area contributed by atoms with Gasteiger partial charge in [0.05, 0.1) is 0 Å². The third-order valence-corrected chi connectivity index (χ3v) is 1.24. The zero-order valence-corrected chi connectivity index (χ0v) is 5.62. The summed E-state index contributed by atoms with van der Waals surface area (Å²) in [6, 6.07) is 2.02. The molecule has 10 heavy (non-hydrogen) atoms. The minimum atomic E-state index is -1.05. The van der Waals surface area contributed by atoms with Crippen LogP contribution >= 0.6 is 11.6 Å². The molecule has 0 aliphatic heterocycles. The van der Waals surface area contributed by atoms with E-state index >= 15 is 0 Å². The Kier molecular flexibility index (Phi) is 1.95. The molecule has 0 saturated carbocycles. The van der Waals surface area contributed by atoms with Crippen molar-refractivity contribution in [2.45, 2.75) is 0 Å². The highest BCUT2D eigenvalue weighted by Crippen LogP contribution is 2.10. The highest BCUT2D eigenvalue weighted by molar-refractivity contribution is 6.36. The van der Waals surface area contributed by atoms with Gasteiger partial charge in [-0.15, -0.1) is 0 Å². The van der Waals surface area contributed by atoms with Gasteiger partial charge in [0.25, 0.3) is 0 Å². The van der Waals surface area contributed by atoms with Crippen molar-refractivity contribution in [3.63, 3.8) is 0 Å². The summed E-state index contributed by atoms with van der Waals surface area (Å²) in [5, 5.41) is 0.0939. The highest BCUT2D eigenvalue weighted by atomic mass is 35.5. The predicted octanol–water partition coefficient (Wildman–Crippen LogP) is 1.41. The van der Waals surface area contributed by atoms with Crippen LogP contribution in [0.15, 0.2) is 12.1 Å². The van der Waals surface area contributed by atoms with E-state index in [-0.39, 0.29) is 10.5 Å². The Morgan fingerprint density at radius 2 is 1.90 bits per heavy atom. The third-order valence-electron chi connectivity index (χ3n) is 1.02. The van der Waals surface area contributed by atoms with E-state index in [1.54, 1.807) is 0 Å². The fourth-order valence-corrected chi connectivity index (χ4v) is 0.789. The first-order valence-electron chi connectivity index (χ1n) is 2.51. The second-order valence-electron chi connectivity index (χ2n) is 1.79. The van der Waals surface area contributed by atoms with E-state index in [4.69, 9.17) is 19.4 Å². The van der Waals surface area contributed by atoms with E-state index < -0.39 is 11.6 Å². The summed E-state index contributed by atoms with van der Waals surface area (Å²) in [7, 11) is 5.02. The smallest absolute Gasteiger partial charge is 0.159 e. The van der Waals surface area contributed by atoms with Crippen molar-refractivity contribution < 1.29 is 8.78 Å². The molecule has 0 bridgehead atoms. The molecule has 0 unspecified atom stereocenters. The van der Waals surface area contributed by atoms with Crippen LogP contribution in [0.4, 0.5) is 8.78 Å². The molecule has 1 rings (SSSR count). The molecule has 0 fully saturated rings. The number of hydrogen-bond donors (Lipinski definition) is 0. The van der Waals surface area contributed by atoms with Crippen molar-refractivity contribution in [2.24, 2.45) is 0 Å². The lowest BCUT2D eigenvalue weighted by Crippen LogP contribution is -2.10. The second kappa shape index (κ2) is 2.58. The number of halogens is 3. The molecule has 1 aromatic rings. The quantitative estimate of drug-likeness (QED) is 0.396. The third kappa shape index (κ3) is 1.29. The van der Waals surface area contributed by atoms with Crippen molar-refractivity contribution in [1.29, 1.82) is 0 Å². The van der Waals surface area contributed by atoms with Gasteiger partial charge in [0, 0.05) is 5.02 Å². The van der Waals surface area contributed by atoms with Crippen molar-refractivity contribution in [2.75, 3.05) is 0 Å². The van der Waals surface area contributed by atoms with Crippen molar-refractivity contribution in [3.05, 3.63) is 28.8 Å². The van der Waals surface area contributed by atoms with Crippen LogP contribution in [-0.2, 0) is 0 Å². The zero-order chi connectivity index (χ0) is 7.72. The Morgan fingerprint density at radius 1 is 1.30 bits per heavy atom. The van der Waals surface area contributed by atoms with Crippen molar-refractivity contribution in [3.8, 4) is 0 Å². The van der Waals surface area contributed by atoms with E-state index in [1.807, 2.05) is 0 Å². The van der Waals surface area contributed by atoms with Gasteiger partial charge in [0.1, 0.15) is 7.85 Å². The molecule has 0 aliphatic rings. The van der Waals surface area contributed by atoms with Gasteiger partial charge in [-0.1, -0.05) is 17.1 Å². The topological polar surface area (TPSA) is 0 Å². The lowest BCUT2D eigenvalue weighted by atomic mass is 9.96. The van der Waals surface area contributed by atoms with Gasteiger partial charge in [-0.2, -0.15) is 0 Å².